The van der Waals surface area contributed by atoms with Crippen LogP contribution in [0.2, 0.25) is 5.02 Å². The molecule has 1 fully saturated rings. The minimum Gasteiger partial charge on any atom is -0.462 e. The first-order chi connectivity index (χ1) is 15.7. The van der Waals surface area contributed by atoms with E-state index < -0.39 is 11.9 Å². The molecule has 0 aliphatic carbocycles. The van der Waals surface area contributed by atoms with Crippen LogP contribution in [-0.2, 0) is 16.1 Å². The standard InChI is InChI=1S/C22H26ClFN4O4S/c1-3-32-22(31)18-13(2)19(20(25)30)33-21(18)26-17(29)12-28-8-6-27(7-9-28)11-14-4-5-15(24)10-16(14)23/h4-5,10H,3,6-9,11-12H2,1-2H3,(H2,25,30)(H,26,29). The van der Waals surface area contributed by atoms with Crippen LogP contribution < -0.4 is 11.1 Å². The molecule has 3 rings (SSSR count). The highest BCUT2D eigenvalue weighted by atomic mass is 35.5. The van der Waals surface area contributed by atoms with Crippen LogP contribution in [0, 0.1) is 12.7 Å². The van der Waals surface area contributed by atoms with E-state index in [0.717, 1.165) is 30.0 Å². The van der Waals surface area contributed by atoms with Gasteiger partial charge in [-0.05, 0) is 37.1 Å². The van der Waals surface area contributed by atoms with Crippen molar-refractivity contribution >= 4 is 45.7 Å². The first kappa shape index (κ1) is 25.1. The van der Waals surface area contributed by atoms with Gasteiger partial charge in [0.2, 0.25) is 5.91 Å². The van der Waals surface area contributed by atoms with Gasteiger partial charge in [-0.3, -0.25) is 19.4 Å². The van der Waals surface area contributed by atoms with E-state index in [0.29, 0.717) is 30.2 Å². The third kappa shape index (κ3) is 6.29. The van der Waals surface area contributed by atoms with Crippen molar-refractivity contribution in [3.63, 3.8) is 0 Å². The van der Waals surface area contributed by atoms with Gasteiger partial charge in [0.05, 0.1) is 23.6 Å². The van der Waals surface area contributed by atoms with E-state index in [2.05, 4.69) is 10.2 Å². The zero-order chi connectivity index (χ0) is 24.1. The molecule has 0 radical (unpaired) electrons. The summed E-state index contributed by atoms with van der Waals surface area (Å²) in [6, 6.07) is 4.38. The summed E-state index contributed by atoms with van der Waals surface area (Å²) >= 11 is 7.09. The lowest BCUT2D eigenvalue weighted by molar-refractivity contribution is -0.117. The fourth-order valence-corrected chi connectivity index (χ4v) is 4.94. The number of benzene rings is 1. The monoisotopic (exact) mass is 496 g/mol. The van der Waals surface area contributed by atoms with Gasteiger partial charge in [-0.2, -0.15) is 0 Å². The molecular formula is C22H26ClFN4O4S. The van der Waals surface area contributed by atoms with Crippen molar-refractivity contribution in [2.24, 2.45) is 5.73 Å². The molecule has 1 aromatic heterocycles. The highest BCUT2D eigenvalue weighted by Crippen LogP contribution is 2.33. The van der Waals surface area contributed by atoms with Gasteiger partial charge in [-0.1, -0.05) is 17.7 Å². The number of nitrogens with zero attached hydrogens (tertiary/aromatic N) is 2. The summed E-state index contributed by atoms with van der Waals surface area (Å²) in [5.41, 5.74) is 6.81. The van der Waals surface area contributed by atoms with Gasteiger partial charge in [0, 0.05) is 37.7 Å². The predicted octanol–water partition coefficient (Wildman–Crippen LogP) is 2.88. The van der Waals surface area contributed by atoms with Gasteiger partial charge in [0.1, 0.15) is 10.8 Å². The molecule has 1 aliphatic heterocycles. The van der Waals surface area contributed by atoms with Gasteiger partial charge < -0.3 is 15.8 Å². The number of anilines is 1. The number of carbonyl (C=O) groups is 3. The van der Waals surface area contributed by atoms with Crippen molar-refractivity contribution in [1.82, 2.24) is 9.80 Å². The topological polar surface area (TPSA) is 105 Å². The molecular weight excluding hydrogens is 471 g/mol. The predicted molar refractivity (Wildman–Crippen MR) is 125 cm³/mol. The molecule has 0 atom stereocenters. The average Bonchev–Trinajstić information content (AvgIpc) is 3.07. The van der Waals surface area contributed by atoms with Gasteiger partial charge in [0.25, 0.3) is 5.91 Å². The van der Waals surface area contributed by atoms with Crippen LogP contribution in [0.5, 0.6) is 0 Å². The second-order valence-electron chi connectivity index (χ2n) is 7.68. The van der Waals surface area contributed by atoms with Gasteiger partial charge in [-0.25, -0.2) is 9.18 Å². The Bertz CT molecular complexity index is 1050. The number of primary amides is 1. The fourth-order valence-electron chi connectivity index (χ4n) is 3.65. The molecule has 3 N–H and O–H groups in total. The van der Waals surface area contributed by atoms with Crippen LogP contribution in [0.3, 0.4) is 0 Å². The van der Waals surface area contributed by atoms with Crippen molar-refractivity contribution in [3.8, 4) is 0 Å². The minimum absolute atomic E-state index is 0.135. The number of nitrogens with two attached hydrogens (primary N) is 1. The van der Waals surface area contributed by atoms with Crippen molar-refractivity contribution in [2.75, 3.05) is 44.6 Å². The van der Waals surface area contributed by atoms with Gasteiger partial charge in [-0.15, -0.1) is 11.3 Å². The first-order valence-electron chi connectivity index (χ1n) is 10.5. The number of amides is 2. The Labute approximate surface area is 200 Å². The lowest BCUT2D eigenvalue weighted by Gasteiger charge is -2.34. The quantitative estimate of drug-likeness (QED) is 0.544. The van der Waals surface area contributed by atoms with Crippen LogP contribution in [0.15, 0.2) is 18.2 Å². The summed E-state index contributed by atoms with van der Waals surface area (Å²) in [7, 11) is 0. The van der Waals surface area contributed by atoms with E-state index in [-0.39, 0.29) is 40.3 Å². The van der Waals surface area contributed by atoms with Crippen LogP contribution in [-0.4, -0.2) is 66.9 Å². The van der Waals surface area contributed by atoms with E-state index >= 15 is 0 Å². The maximum atomic E-state index is 13.2. The summed E-state index contributed by atoms with van der Waals surface area (Å²) in [5.74, 6) is -1.94. The number of thiophene rings is 1. The molecule has 11 heteroatoms. The number of halogens is 2. The lowest BCUT2D eigenvalue weighted by Crippen LogP contribution is -2.48. The van der Waals surface area contributed by atoms with Crippen LogP contribution >= 0.6 is 22.9 Å². The molecule has 0 bridgehead atoms. The Kier molecular flexibility index (Phi) is 8.41. The molecule has 0 spiro atoms. The molecule has 8 nitrogen and oxygen atoms in total. The number of esters is 1. The summed E-state index contributed by atoms with van der Waals surface area (Å²) < 4.78 is 18.3. The van der Waals surface area contributed by atoms with Crippen molar-refractivity contribution in [1.29, 1.82) is 0 Å². The molecule has 33 heavy (non-hydrogen) atoms. The Morgan fingerprint density at radius 3 is 2.48 bits per heavy atom. The second-order valence-corrected chi connectivity index (χ2v) is 9.11. The molecule has 2 aromatic rings. The van der Waals surface area contributed by atoms with E-state index in [4.69, 9.17) is 22.1 Å². The first-order valence-corrected chi connectivity index (χ1v) is 11.7. The smallest absolute Gasteiger partial charge is 0.341 e. The Morgan fingerprint density at radius 1 is 1.21 bits per heavy atom. The van der Waals surface area contributed by atoms with Crippen LogP contribution in [0.4, 0.5) is 9.39 Å². The number of nitrogens with one attached hydrogen (secondary N) is 1. The zero-order valence-electron chi connectivity index (χ0n) is 18.5. The summed E-state index contributed by atoms with van der Waals surface area (Å²) in [5, 5.41) is 3.40. The highest BCUT2D eigenvalue weighted by molar-refractivity contribution is 7.18. The number of hydrogen-bond acceptors (Lipinski definition) is 7. The van der Waals surface area contributed by atoms with E-state index in [1.165, 1.54) is 12.1 Å². The summed E-state index contributed by atoms with van der Waals surface area (Å²) in [6.07, 6.45) is 0. The van der Waals surface area contributed by atoms with E-state index in [1.807, 2.05) is 4.90 Å². The zero-order valence-corrected chi connectivity index (χ0v) is 20.0. The van der Waals surface area contributed by atoms with Crippen LogP contribution in [0.1, 0.15) is 38.1 Å². The fraction of sp³-hybridized carbons (Fsp3) is 0.409. The van der Waals surface area contributed by atoms with Crippen molar-refractivity contribution in [2.45, 2.75) is 20.4 Å². The molecule has 2 amide bonds. The average molecular weight is 497 g/mol. The third-order valence-corrected chi connectivity index (χ3v) is 6.92. The normalized spacial score (nSPS) is 14.8. The largest absolute Gasteiger partial charge is 0.462 e. The third-order valence-electron chi connectivity index (χ3n) is 5.34. The number of hydrogen-bond donors (Lipinski definition) is 2. The molecule has 0 unspecified atom stereocenters. The molecule has 1 aliphatic rings. The minimum atomic E-state index is -0.666. The van der Waals surface area contributed by atoms with E-state index in [1.54, 1.807) is 19.9 Å². The van der Waals surface area contributed by atoms with Gasteiger partial charge >= 0.3 is 5.97 Å². The molecule has 1 aromatic carbocycles. The lowest BCUT2D eigenvalue weighted by atomic mass is 10.1. The maximum absolute atomic E-state index is 13.2. The van der Waals surface area contributed by atoms with Crippen molar-refractivity contribution < 1.29 is 23.5 Å². The second kappa shape index (κ2) is 11.1. The van der Waals surface area contributed by atoms with Crippen molar-refractivity contribution in [3.05, 3.63) is 50.6 Å². The number of ether oxygens (including phenoxy) is 1. The Hall–Kier alpha value is -2.53. The Morgan fingerprint density at radius 2 is 1.88 bits per heavy atom. The van der Waals surface area contributed by atoms with Crippen LogP contribution in [0.25, 0.3) is 0 Å². The number of rotatable bonds is 8. The number of carbonyl (C=O) groups excluding carboxylic acids is 3. The molecule has 2 heterocycles. The molecule has 0 saturated carbocycles. The van der Waals surface area contributed by atoms with Gasteiger partial charge in [0.15, 0.2) is 0 Å². The molecule has 1 saturated heterocycles. The SMILES string of the molecule is CCOC(=O)c1c(NC(=O)CN2CCN(Cc3ccc(F)cc3Cl)CC2)sc(C(N)=O)c1C. The molecule has 178 valence electrons. The van der Waals surface area contributed by atoms with E-state index in [9.17, 15) is 18.8 Å². The maximum Gasteiger partial charge on any atom is 0.341 e. The number of piperazine rings is 1. The summed E-state index contributed by atoms with van der Waals surface area (Å²) in [4.78, 5) is 41.1. The summed E-state index contributed by atoms with van der Waals surface area (Å²) in [6.45, 7) is 6.95. The Balaban J connectivity index is 1.58. The highest BCUT2D eigenvalue weighted by Gasteiger charge is 2.26.